The van der Waals surface area contributed by atoms with Gasteiger partial charge in [0.25, 0.3) is 0 Å². The van der Waals surface area contributed by atoms with E-state index in [-0.39, 0.29) is 12.4 Å². The zero-order valence-corrected chi connectivity index (χ0v) is 12.9. The van der Waals surface area contributed by atoms with Gasteiger partial charge in [-0.1, -0.05) is 13.3 Å². The lowest BCUT2D eigenvalue weighted by molar-refractivity contribution is -0.140. The SMILES string of the molecule is CCCCOc1ccc(-c2nnn(CCC(=O)OC)n2)cc1. The summed E-state index contributed by atoms with van der Waals surface area (Å²) >= 11 is 0. The van der Waals surface area contributed by atoms with Crippen LogP contribution in [0.25, 0.3) is 11.4 Å². The Hall–Kier alpha value is -2.44. The third-order valence-electron chi connectivity index (χ3n) is 3.08. The first-order chi connectivity index (χ1) is 10.7. The van der Waals surface area contributed by atoms with Gasteiger partial charge in [-0.25, -0.2) is 0 Å². The van der Waals surface area contributed by atoms with Crippen LogP contribution < -0.4 is 4.74 Å². The van der Waals surface area contributed by atoms with Crippen LogP contribution in [0.2, 0.25) is 0 Å². The number of rotatable bonds is 8. The van der Waals surface area contributed by atoms with E-state index in [1.165, 1.54) is 11.9 Å². The number of unbranched alkanes of at least 4 members (excludes halogenated alkanes) is 1. The van der Waals surface area contributed by atoms with E-state index in [1.54, 1.807) is 0 Å². The number of aryl methyl sites for hydroxylation is 1. The van der Waals surface area contributed by atoms with Gasteiger partial charge >= 0.3 is 5.97 Å². The molecule has 0 amide bonds. The Morgan fingerprint density at radius 1 is 1.27 bits per heavy atom. The molecule has 0 radical (unpaired) electrons. The molecule has 2 rings (SSSR count). The van der Waals surface area contributed by atoms with Gasteiger partial charge in [0.05, 0.1) is 26.7 Å². The van der Waals surface area contributed by atoms with Gasteiger partial charge in [0.1, 0.15) is 5.75 Å². The fourth-order valence-corrected chi connectivity index (χ4v) is 1.78. The maximum atomic E-state index is 11.1. The lowest BCUT2D eigenvalue weighted by Gasteiger charge is -2.05. The Bertz CT molecular complexity index is 595. The fourth-order valence-electron chi connectivity index (χ4n) is 1.78. The van der Waals surface area contributed by atoms with Crippen LogP contribution in [0.3, 0.4) is 0 Å². The summed E-state index contributed by atoms with van der Waals surface area (Å²) < 4.78 is 10.2. The quantitative estimate of drug-likeness (QED) is 0.549. The molecule has 0 aliphatic rings. The third-order valence-corrected chi connectivity index (χ3v) is 3.08. The molecule has 7 nitrogen and oxygen atoms in total. The topological polar surface area (TPSA) is 79.1 Å². The third kappa shape index (κ3) is 4.54. The van der Waals surface area contributed by atoms with E-state index < -0.39 is 0 Å². The van der Waals surface area contributed by atoms with Crippen molar-refractivity contribution in [1.29, 1.82) is 0 Å². The second-order valence-electron chi connectivity index (χ2n) is 4.76. The highest BCUT2D eigenvalue weighted by atomic mass is 16.5. The summed E-state index contributed by atoms with van der Waals surface area (Å²) in [6.45, 7) is 3.19. The average molecular weight is 304 g/mol. The van der Waals surface area contributed by atoms with Crippen molar-refractivity contribution < 1.29 is 14.3 Å². The summed E-state index contributed by atoms with van der Waals surface area (Å²) in [7, 11) is 1.35. The lowest BCUT2D eigenvalue weighted by atomic mass is 10.2. The molecule has 22 heavy (non-hydrogen) atoms. The first-order valence-electron chi connectivity index (χ1n) is 7.30. The zero-order chi connectivity index (χ0) is 15.8. The Kier molecular flexibility index (Phi) is 5.88. The molecular formula is C15H20N4O3. The largest absolute Gasteiger partial charge is 0.494 e. The minimum Gasteiger partial charge on any atom is -0.494 e. The second-order valence-corrected chi connectivity index (χ2v) is 4.76. The molecule has 0 saturated carbocycles. The van der Waals surface area contributed by atoms with Crippen molar-refractivity contribution in [1.82, 2.24) is 20.2 Å². The van der Waals surface area contributed by atoms with Gasteiger partial charge in [-0.15, -0.1) is 10.2 Å². The highest BCUT2D eigenvalue weighted by Gasteiger charge is 2.08. The Morgan fingerprint density at radius 2 is 2.05 bits per heavy atom. The Balaban J connectivity index is 1.94. The number of hydrogen-bond donors (Lipinski definition) is 0. The van der Waals surface area contributed by atoms with Crippen molar-refractivity contribution in [2.24, 2.45) is 0 Å². The van der Waals surface area contributed by atoms with Crippen LogP contribution in [-0.4, -0.2) is 39.9 Å². The molecule has 1 aromatic heterocycles. The van der Waals surface area contributed by atoms with Crippen molar-refractivity contribution in [3.63, 3.8) is 0 Å². The Labute approximate surface area is 129 Å². The van der Waals surface area contributed by atoms with Gasteiger partial charge < -0.3 is 9.47 Å². The number of aromatic nitrogens is 4. The summed E-state index contributed by atoms with van der Waals surface area (Å²) in [5.41, 5.74) is 0.854. The number of carbonyl (C=O) groups excluding carboxylic acids is 1. The van der Waals surface area contributed by atoms with Crippen LogP contribution in [-0.2, 0) is 16.1 Å². The normalized spacial score (nSPS) is 10.5. The number of carbonyl (C=O) groups is 1. The maximum absolute atomic E-state index is 11.1. The van der Waals surface area contributed by atoms with Crippen molar-refractivity contribution in [3.05, 3.63) is 24.3 Å². The highest BCUT2D eigenvalue weighted by Crippen LogP contribution is 2.18. The molecule has 0 atom stereocenters. The van der Waals surface area contributed by atoms with E-state index in [0.717, 1.165) is 30.8 Å². The molecular weight excluding hydrogens is 284 g/mol. The average Bonchev–Trinajstić information content (AvgIpc) is 3.02. The van der Waals surface area contributed by atoms with Gasteiger partial charge in [-0.05, 0) is 35.9 Å². The van der Waals surface area contributed by atoms with Gasteiger partial charge in [-0.3, -0.25) is 4.79 Å². The van der Waals surface area contributed by atoms with E-state index in [9.17, 15) is 4.79 Å². The molecule has 7 heteroatoms. The molecule has 0 unspecified atom stereocenters. The number of tetrazole rings is 1. The lowest BCUT2D eigenvalue weighted by Crippen LogP contribution is -2.09. The van der Waals surface area contributed by atoms with E-state index in [1.807, 2.05) is 24.3 Å². The number of esters is 1. The molecule has 0 spiro atoms. The first-order valence-corrected chi connectivity index (χ1v) is 7.30. The van der Waals surface area contributed by atoms with Gasteiger partial charge in [0.2, 0.25) is 5.82 Å². The number of benzene rings is 1. The predicted octanol–water partition coefficient (Wildman–Crippen LogP) is 2.08. The van der Waals surface area contributed by atoms with E-state index in [0.29, 0.717) is 12.4 Å². The molecule has 0 aliphatic carbocycles. The minimum atomic E-state index is -0.299. The summed E-state index contributed by atoms with van der Waals surface area (Å²) in [6.07, 6.45) is 2.37. The zero-order valence-electron chi connectivity index (χ0n) is 12.9. The van der Waals surface area contributed by atoms with E-state index in [4.69, 9.17) is 4.74 Å². The molecule has 0 aliphatic heterocycles. The number of hydrogen-bond acceptors (Lipinski definition) is 6. The predicted molar refractivity (Wildman–Crippen MR) is 80.3 cm³/mol. The molecule has 0 saturated heterocycles. The molecule has 2 aromatic rings. The minimum absolute atomic E-state index is 0.219. The van der Waals surface area contributed by atoms with Crippen molar-refractivity contribution in [3.8, 4) is 17.1 Å². The summed E-state index contributed by atoms with van der Waals surface area (Å²) in [5.74, 6) is 1.05. The van der Waals surface area contributed by atoms with Crippen molar-refractivity contribution in [2.45, 2.75) is 32.7 Å². The summed E-state index contributed by atoms with van der Waals surface area (Å²) in [4.78, 5) is 12.5. The number of methoxy groups -OCH3 is 1. The monoisotopic (exact) mass is 304 g/mol. The number of ether oxygens (including phenoxy) is 2. The molecule has 1 heterocycles. The van der Waals surface area contributed by atoms with Crippen LogP contribution in [0.5, 0.6) is 5.75 Å². The van der Waals surface area contributed by atoms with Crippen molar-refractivity contribution in [2.75, 3.05) is 13.7 Å². The van der Waals surface area contributed by atoms with Gasteiger partial charge in [-0.2, -0.15) is 4.80 Å². The summed E-state index contributed by atoms with van der Waals surface area (Å²) in [5, 5.41) is 12.1. The smallest absolute Gasteiger partial charge is 0.307 e. The number of nitrogens with zero attached hydrogens (tertiary/aromatic N) is 4. The second kappa shape index (κ2) is 8.11. The highest BCUT2D eigenvalue weighted by molar-refractivity contribution is 5.68. The van der Waals surface area contributed by atoms with Crippen LogP contribution >= 0.6 is 0 Å². The van der Waals surface area contributed by atoms with E-state index in [2.05, 4.69) is 27.1 Å². The molecule has 0 bridgehead atoms. The standard InChI is InChI=1S/C15H20N4O3/c1-3-4-11-22-13-7-5-12(6-8-13)15-16-18-19(17-15)10-9-14(20)21-2/h5-8H,3-4,9-11H2,1-2H3. The van der Waals surface area contributed by atoms with Gasteiger partial charge in [0.15, 0.2) is 0 Å². The fraction of sp³-hybridized carbons (Fsp3) is 0.467. The molecule has 118 valence electrons. The maximum Gasteiger partial charge on any atom is 0.307 e. The van der Waals surface area contributed by atoms with Crippen LogP contribution in [0.4, 0.5) is 0 Å². The molecule has 1 aromatic carbocycles. The van der Waals surface area contributed by atoms with Crippen LogP contribution in [0.15, 0.2) is 24.3 Å². The van der Waals surface area contributed by atoms with Crippen molar-refractivity contribution >= 4 is 5.97 Å². The van der Waals surface area contributed by atoms with E-state index >= 15 is 0 Å². The first kappa shape index (κ1) is 15.9. The molecule has 0 fully saturated rings. The van der Waals surface area contributed by atoms with Crippen LogP contribution in [0.1, 0.15) is 26.2 Å². The molecule has 0 N–H and O–H groups in total. The van der Waals surface area contributed by atoms with Gasteiger partial charge in [0, 0.05) is 5.56 Å². The summed E-state index contributed by atoms with van der Waals surface area (Å²) in [6, 6.07) is 7.56. The van der Waals surface area contributed by atoms with Crippen LogP contribution in [0, 0.1) is 0 Å². The Morgan fingerprint density at radius 3 is 2.73 bits per heavy atom.